The third-order valence-electron chi connectivity index (χ3n) is 4.35. The maximum absolute atomic E-state index is 14.4. The molecule has 0 bridgehead atoms. The number of fused-ring (bicyclic) bond motifs is 3. The van der Waals surface area contributed by atoms with Crippen LogP contribution in [-0.2, 0) is 13.1 Å². The van der Waals surface area contributed by atoms with Crippen molar-refractivity contribution < 1.29 is 8.81 Å². The molecule has 0 N–H and O–H groups in total. The van der Waals surface area contributed by atoms with E-state index in [2.05, 4.69) is 17.0 Å². The molecule has 3 heteroatoms. The highest BCUT2D eigenvalue weighted by atomic mass is 19.1. The van der Waals surface area contributed by atoms with Crippen LogP contribution in [0.15, 0.2) is 71.1 Å². The summed E-state index contributed by atoms with van der Waals surface area (Å²) < 4.78 is 19.8. The summed E-state index contributed by atoms with van der Waals surface area (Å²) in [6.45, 7) is 1.26. The van der Waals surface area contributed by atoms with Gasteiger partial charge in [-0.1, -0.05) is 60.7 Å². The van der Waals surface area contributed by atoms with Gasteiger partial charge in [-0.2, -0.15) is 4.39 Å². The van der Waals surface area contributed by atoms with Crippen LogP contribution in [0.25, 0.3) is 21.7 Å². The van der Waals surface area contributed by atoms with E-state index in [-0.39, 0.29) is 0 Å². The van der Waals surface area contributed by atoms with Gasteiger partial charge in [-0.15, -0.1) is 0 Å². The highest BCUT2D eigenvalue weighted by Gasteiger charge is 2.18. The minimum atomic E-state index is -0.485. The van der Waals surface area contributed by atoms with Crippen molar-refractivity contribution in [3.63, 3.8) is 0 Å². The van der Waals surface area contributed by atoms with Crippen LogP contribution in [0.1, 0.15) is 11.1 Å². The van der Waals surface area contributed by atoms with Crippen molar-refractivity contribution in [2.75, 3.05) is 7.05 Å². The molecule has 0 spiro atoms. The summed E-state index contributed by atoms with van der Waals surface area (Å²) in [6, 6.07) is 21.6. The highest BCUT2D eigenvalue weighted by molar-refractivity contribution is 6.07. The molecule has 0 aliphatic rings. The number of benzene rings is 3. The molecule has 2 nitrogen and oxygen atoms in total. The lowest BCUT2D eigenvalue weighted by Gasteiger charge is -2.16. The Bertz CT molecular complexity index is 991. The minimum absolute atomic E-state index is 0.485. The van der Waals surface area contributed by atoms with Gasteiger partial charge in [0.25, 0.3) is 6.01 Å². The lowest BCUT2D eigenvalue weighted by molar-refractivity contribution is 0.299. The first kappa shape index (κ1) is 14.9. The molecule has 4 aromatic rings. The first-order chi connectivity index (χ1) is 11.7. The second kappa shape index (κ2) is 6.10. The van der Waals surface area contributed by atoms with E-state index >= 15 is 0 Å². The average molecular weight is 319 g/mol. The maximum Gasteiger partial charge on any atom is 0.283 e. The lowest BCUT2D eigenvalue weighted by Crippen LogP contribution is -2.17. The van der Waals surface area contributed by atoms with Crippen LogP contribution in [0.2, 0.25) is 0 Å². The van der Waals surface area contributed by atoms with E-state index in [0.717, 1.165) is 22.7 Å². The summed E-state index contributed by atoms with van der Waals surface area (Å²) in [5, 5.41) is 3.01. The standard InChI is InChI=1S/C21H18FNO/c1-23(13-15-7-3-2-4-8-15)14-18-20-17-10-6-5-9-16(17)11-12-19(20)24-21(18)22/h2-12H,13-14H2,1H3. The second-order valence-electron chi connectivity index (χ2n) is 6.17. The van der Waals surface area contributed by atoms with Crippen molar-refractivity contribution in [1.82, 2.24) is 4.90 Å². The molecular weight excluding hydrogens is 301 g/mol. The molecule has 0 saturated carbocycles. The summed E-state index contributed by atoms with van der Waals surface area (Å²) >= 11 is 0. The summed E-state index contributed by atoms with van der Waals surface area (Å²) in [5.41, 5.74) is 2.44. The zero-order valence-electron chi connectivity index (χ0n) is 13.5. The Kier molecular flexibility index (Phi) is 3.79. The molecule has 0 saturated heterocycles. The first-order valence-corrected chi connectivity index (χ1v) is 8.03. The van der Waals surface area contributed by atoms with Crippen molar-refractivity contribution in [2.24, 2.45) is 0 Å². The molecule has 0 amide bonds. The summed E-state index contributed by atoms with van der Waals surface area (Å²) in [6.07, 6.45) is 0. The van der Waals surface area contributed by atoms with Gasteiger partial charge in [-0.25, -0.2) is 0 Å². The molecule has 4 rings (SSSR count). The van der Waals surface area contributed by atoms with Gasteiger partial charge in [0.2, 0.25) is 0 Å². The summed E-state index contributed by atoms with van der Waals surface area (Å²) in [4.78, 5) is 2.10. The Morgan fingerprint density at radius 1 is 0.875 bits per heavy atom. The van der Waals surface area contributed by atoms with E-state index in [1.54, 1.807) is 0 Å². The van der Waals surface area contributed by atoms with E-state index in [1.165, 1.54) is 5.56 Å². The maximum atomic E-state index is 14.4. The van der Waals surface area contributed by atoms with Crippen molar-refractivity contribution >= 4 is 21.7 Å². The number of furan rings is 1. The van der Waals surface area contributed by atoms with Crippen molar-refractivity contribution in [2.45, 2.75) is 13.1 Å². The molecular formula is C21H18FNO. The number of nitrogens with zero attached hydrogens (tertiary/aromatic N) is 1. The Morgan fingerprint density at radius 2 is 1.62 bits per heavy atom. The first-order valence-electron chi connectivity index (χ1n) is 8.03. The number of rotatable bonds is 4. The summed E-state index contributed by atoms with van der Waals surface area (Å²) in [7, 11) is 2.00. The monoisotopic (exact) mass is 319 g/mol. The Balaban J connectivity index is 1.73. The Hall–Kier alpha value is -2.65. The van der Waals surface area contributed by atoms with Crippen LogP contribution in [0.5, 0.6) is 0 Å². The topological polar surface area (TPSA) is 16.4 Å². The van der Waals surface area contributed by atoms with Crippen LogP contribution < -0.4 is 0 Å². The second-order valence-corrected chi connectivity index (χ2v) is 6.17. The molecule has 0 aliphatic carbocycles. The molecule has 120 valence electrons. The number of hydrogen-bond acceptors (Lipinski definition) is 2. The van der Waals surface area contributed by atoms with Crippen molar-refractivity contribution in [3.05, 3.63) is 83.9 Å². The van der Waals surface area contributed by atoms with Crippen LogP contribution in [0.3, 0.4) is 0 Å². The van der Waals surface area contributed by atoms with Crippen LogP contribution >= 0.6 is 0 Å². The number of hydrogen-bond donors (Lipinski definition) is 0. The van der Waals surface area contributed by atoms with Crippen LogP contribution in [0.4, 0.5) is 4.39 Å². The van der Waals surface area contributed by atoms with Gasteiger partial charge < -0.3 is 4.42 Å². The van der Waals surface area contributed by atoms with Gasteiger partial charge in [0.05, 0.1) is 5.56 Å². The smallest absolute Gasteiger partial charge is 0.283 e. The fourth-order valence-corrected chi connectivity index (χ4v) is 3.27. The minimum Gasteiger partial charge on any atom is -0.431 e. The fraction of sp³-hybridized carbons (Fsp3) is 0.143. The zero-order valence-corrected chi connectivity index (χ0v) is 13.5. The van der Waals surface area contributed by atoms with E-state index in [0.29, 0.717) is 17.7 Å². The lowest BCUT2D eigenvalue weighted by atomic mass is 10.0. The zero-order chi connectivity index (χ0) is 16.5. The Morgan fingerprint density at radius 3 is 2.46 bits per heavy atom. The molecule has 0 unspecified atom stereocenters. The molecule has 0 fully saturated rings. The van der Waals surface area contributed by atoms with Gasteiger partial charge >= 0.3 is 0 Å². The van der Waals surface area contributed by atoms with Crippen molar-refractivity contribution in [3.8, 4) is 0 Å². The van der Waals surface area contributed by atoms with Gasteiger partial charge in [0.15, 0.2) is 0 Å². The van der Waals surface area contributed by atoms with E-state index in [9.17, 15) is 4.39 Å². The molecule has 3 aromatic carbocycles. The third kappa shape index (κ3) is 2.68. The number of halogens is 1. The van der Waals surface area contributed by atoms with Gasteiger partial charge in [0.1, 0.15) is 5.58 Å². The van der Waals surface area contributed by atoms with Gasteiger partial charge in [-0.3, -0.25) is 4.90 Å². The quantitative estimate of drug-likeness (QED) is 0.503. The molecule has 0 atom stereocenters. The van der Waals surface area contributed by atoms with E-state index in [1.807, 2.05) is 61.6 Å². The Labute approximate surface area is 140 Å². The SMILES string of the molecule is CN(Cc1ccccc1)Cc1c(F)oc2ccc3ccccc3c12. The highest BCUT2D eigenvalue weighted by Crippen LogP contribution is 2.32. The van der Waals surface area contributed by atoms with Gasteiger partial charge in [0, 0.05) is 18.5 Å². The van der Waals surface area contributed by atoms with E-state index < -0.39 is 6.01 Å². The van der Waals surface area contributed by atoms with Crippen LogP contribution in [0, 0.1) is 6.01 Å². The molecule has 0 radical (unpaired) electrons. The molecule has 0 aliphatic heterocycles. The normalized spacial score (nSPS) is 11.6. The van der Waals surface area contributed by atoms with Crippen LogP contribution in [-0.4, -0.2) is 11.9 Å². The molecule has 1 aromatic heterocycles. The van der Waals surface area contributed by atoms with Crippen molar-refractivity contribution in [1.29, 1.82) is 0 Å². The molecule has 1 heterocycles. The predicted molar refractivity (Wildman–Crippen MR) is 95.3 cm³/mol. The fourth-order valence-electron chi connectivity index (χ4n) is 3.27. The van der Waals surface area contributed by atoms with Gasteiger partial charge in [-0.05, 0) is 29.4 Å². The largest absolute Gasteiger partial charge is 0.431 e. The predicted octanol–water partition coefficient (Wildman–Crippen LogP) is 5.36. The van der Waals surface area contributed by atoms with E-state index in [4.69, 9.17) is 4.42 Å². The molecule has 24 heavy (non-hydrogen) atoms. The third-order valence-corrected chi connectivity index (χ3v) is 4.35. The average Bonchev–Trinajstić information content (AvgIpc) is 2.92. The summed E-state index contributed by atoms with van der Waals surface area (Å²) in [5.74, 6) is 0.